The van der Waals surface area contributed by atoms with Crippen LogP contribution >= 0.6 is 22.9 Å². The highest BCUT2D eigenvalue weighted by Crippen LogP contribution is 2.30. The molecule has 0 fully saturated rings. The number of thiazole rings is 1. The molecule has 0 spiro atoms. The van der Waals surface area contributed by atoms with Gasteiger partial charge in [-0.1, -0.05) is 35.9 Å². The number of hydrogen-bond acceptors (Lipinski definition) is 4. The molecule has 0 bridgehead atoms. The zero-order valence-corrected chi connectivity index (χ0v) is 14.5. The summed E-state index contributed by atoms with van der Waals surface area (Å²) in [5, 5.41) is 6.42. The molecule has 3 aromatic rings. The van der Waals surface area contributed by atoms with Crippen molar-refractivity contribution in [2.24, 2.45) is 0 Å². The Morgan fingerprint density at radius 2 is 2.00 bits per heavy atom. The monoisotopic (exact) mass is 358 g/mol. The Morgan fingerprint density at radius 3 is 2.75 bits per heavy atom. The minimum atomic E-state index is -0.185. The van der Waals surface area contributed by atoms with Gasteiger partial charge < -0.3 is 10.1 Å². The number of methoxy groups -OCH3 is 1. The summed E-state index contributed by atoms with van der Waals surface area (Å²) >= 11 is 7.49. The Hall–Kier alpha value is -2.21. The molecule has 0 atom stereocenters. The van der Waals surface area contributed by atoms with E-state index in [2.05, 4.69) is 10.3 Å². The number of benzene rings is 2. The van der Waals surface area contributed by atoms with Crippen molar-refractivity contribution in [2.75, 3.05) is 19.0 Å². The van der Waals surface area contributed by atoms with Crippen molar-refractivity contribution < 1.29 is 9.53 Å². The molecule has 2 aromatic carbocycles. The largest absolute Gasteiger partial charge is 0.375 e. The molecule has 6 heteroatoms. The van der Waals surface area contributed by atoms with Gasteiger partial charge in [0.15, 0.2) is 0 Å². The molecule has 1 heterocycles. The molecule has 4 nitrogen and oxygen atoms in total. The minimum Gasteiger partial charge on any atom is -0.375 e. The van der Waals surface area contributed by atoms with Crippen molar-refractivity contribution in [2.45, 2.75) is 0 Å². The normalized spacial score (nSPS) is 10.6. The van der Waals surface area contributed by atoms with Crippen LogP contribution < -0.4 is 5.32 Å². The van der Waals surface area contributed by atoms with Gasteiger partial charge in [-0.25, -0.2) is 4.98 Å². The van der Waals surface area contributed by atoms with Crippen molar-refractivity contribution in [3.8, 4) is 21.8 Å². The molecule has 3 rings (SSSR count). The van der Waals surface area contributed by atoms with E-state index in [4.69, 9.17) is 16.3 Å². The standard InChI is InChI=1S/C18H15ClN2O2S/c1-23-10-17(22)20-15-4-2-3-13(9-15)16-11-24-18(21-16)12-5-7-14(19)8-6-12/h2-9,11H,10H2,1H3,(H,20,22). The Labute approximate surface area is 149 Å². The van der Waals surface area contributed by atoms with Gasteiger partial charge in [-0.3, -0.25) is 4.79 Å². The Bertz CT molecular complexity index is 846. The number of amides is 1. The number of halogens is 1. The van der Waals surface area contributed by atoms with Crippen molar-refractivity contribution >= 4 is 34.5 Å². The molecule has 0 aliphatic heterocycles. The number of nitrogens with one attached hydrogen (secondary N) is 1. The van der Waals surface area contributed by atoms with E-state index in [1.54, 1.807) is 11.3 Å². The van der Waals surface area contributed by atoms with E-state index in [9.17, 15) is 4.79 Å². The number of rotatable bonds is 5. The number of anilines is 1. The van der Waals surface area contributed by atoms with Gasteiger partial charge in [0.25, 0.3) is 0 Å². The SMILES string of the molecule is COCC(=O)Nc1cccc(-c2csc(-c3ccc(Cl)cc3)n2)c1. The van der Waals surface area contributed by atoms with Gasteiger partial charge in [0.1, 0.15) is 11.6 Å². The Morgan fingerprint density at radius 1 is 1.21 bits per heavy atom. The van der Waals surface area contributed by atoms with Crippen LogP contribution in [-0.2, 0) is 9.53 Å². The third kappa shape index (κ3) is 4.00. The van der Waals surface area contributed by atoms with E-state index in [0.29, 0.717) is 5.02 Å². The third-order valence-electron chi connectivity index (χ3n) is 3.31. The van der Waals surface area contributed by atoms with Crippen LogP contribution in [0.1, 0.15) is 0 Å². The molecule has 0 saturated carbocycles. The van der Waals surface area contributed by atoms with Crippen LogP contribution in [-0.4, -0.2) is 24.6 Å². The van der Waals surface area contributed by atoms with Crippen LogP contribution in [0.5, 0.6) is 0 Å². The van der Waals surface area contributed by atoms with E-state index in [1.807, 2.05) is 53.9 Å². The lowest BCUT2D eigenvalue weighted by atomic mass is 10.1. The molecular weight excluding hydrogens is 344 g/mol. The van der Waals surface area contributed by atoms with Crippen LogP contribution in [0, 0.1) is 0 Å². The van der Waals surface area contributed by atoms with E-state index < -0.39 is 0 Å². The quantitative estimate of drug-likeness (QED) is 0.718. The molecule has 0 radical (unpaired) electrons. The maximum atomic E-state index is 11.6. The Kier molecular flexibility index (Phi) is 5.25. The van der Waals surface area contributed by atoms with Crippen LogP contribution in [0.25, 0.3) is 21.8 Å². The minimum absolute atomic E-state index is 0.0294. The maximum Gasteiger partial charge on any atom is 0.250 e. The molecule has 122 valence electrons. The smallest absolute Gasteiger partial charge is 0.250 e. The number of carbonyl (C=O) groups excluding carboxylic acids is 1. The van der Waals surface area contributed by atoms with E-state index in [0.717, 1.165) is 27.5 Å². The zero-order valence-electron chi connectivity index (χ0n) is 13.0. The van der Waals surface area contributed by atoms with E-state index in [1.165, 1.54) is 7.11 Å². The summed E-state index contributed by atoms with van der Waals surface area (Å²) in [6.07, 6.45) is 0. The van der Waals surface area contributed by atoms with E-state index >= 15 is 0 Å². The van der Waals surface area contributed by atoms with Gasteiger partial charge >= 0.3 is 0 Å². The Balaban J connectivity index is 1.82. The van der Waals surface area contributed by atoms with Crippen molar-refractivity contribution in [3.63, 3.8) is 0 Å². The topological polar surface area (TPSA) is 51.2 Å². The van der Waals surface area contributed by atoms with Crippen molar-refractivity contribution in [3.05, 3.63) is 58.9 Å². The van der Waals surface area contributed by atoms with Crippen LogP contribution in [0.4, 0.5) is 5.69 Å². The molecule has 1 amide bonds. The summed E-state index contributed by atoms with van der Waals surface area (Å²) in [6.45, 7) is 0.0294. The fourth-order valence-corrected chi connectivity index (χ4v) is 3.18. The predicted molar refractivity (Wildman–Crippen MR) is 98.5 cm³/mol. The molecule has 0 aliphatic carbocycles. The second kappa shape index (κ2) is 7.57. The molecular formula is C18H15ClN2O2S. The molecule has 1 N–H and O–H groups in total. The second-order valence-electron chi connectivity index (χ2n) is 5.11. The van der Waals surface area contributed by atoms with Crippen molar-refractivity contribution in [1.29, 1.82) is 0 Å². The zero-order chi connectivity index (χ0) is 16.9. The molecule has 0 unspecified atom stereocenters. The number of carbonyl (C=O) groups is 1. The number of nitrogens with zero attached hydrogens (tertiary/aromatic N) is 1. The average molecular weight is 359 g/mol. The predicted octanol–water partition coefficient (Wildman–Crippen LogP) is 4.72. The first-order chi connectivity index (χ1) is 11.7. The lowest BCUT2D eigenvalue weighted by Gasteiger charge is -2.05. The van der Waals surface area contributed by atoms with Gasteiger partial charge in [0.2, 0.25) is 5.91 Å². The van der Waals surface area contributed by atoms with Gasteiger partial charge in [-0.15, -0.1) is 11.3 Å². The first kappa shape index (κ1) is 16.6. The highest BCUT2D eigenvalue weighted by Gasteiger charge is 2.08. The number of aromatic nitrogens is 1. The van der Waals surface area contributed by atoms with Crippen LogP contribution in [0.15, 0.2) is 53.9 Å². The van der Waals surface area contributed by atoms with Crippen LogP contribution in [0.2, 0.25) is 5.02 Å². The highest BCUT2D eigenvalue weighted by atomic mass is 35.5. The fourth-order valence-electron chi connectivity index (χ4n) is 2.22. The van der Waals surface area contributed by atoms with Crippen molar-refractivity contribution in [1.82, 2.24) is 4.98 Å². The summed E-state index contributed by atoms with van der Waals surface area (Å²) in [5.41, 5.74) is 3.56. The summed E-state index contributed by atoms with van der Waals surface area (Å²) in [5.74, 6) is -0.185. The summed E-state index contributed by atoms with van der Waals surface area (Å²) in [7, 11) is 1.49. The van der Waals surface area contributed by atoms with Gasteiger partial charge in [-0.2, -0.15) is 0 Å². The lowest BCUT2D eigenvalue weighted by Crippen LogP contribution is -2.16. The molecule has 0 saturated heterocycles. The maximum absolute atomic E-state index is 11.6. The van der Waals surface area contributed by atoms with E-state index in [-0.39, 0.29) is 12.5 Å². The van der Waals surface area contributed by atoms with Crippen LogP contribution in [0.3, 0.4) is 0 Å². The average Bonchev–Trinajstić information content (AvgIpc) is 3.06. The second-order valence-corrected chi connectivity index (χ2v) is 6.40. The summed E-state index contributed by atoms with van der Waals surface area (Å²) in [6, 6.07) is 15.2. The number of hydrogen-bond donors (Lipinski definition) is 1. The number of ether oxygens (including phenoxy) is 1. The fraction of sp³-hybridized carbons (Fsp3) is 0.111. The van der Waals surface area contributed by atoms with Gasteiger partial charge in [-0.05, 0) is 24.3 Å². The first-order valence-corrected chi connectivity index (χ1v) is 8.52. The van der Waals surface area contributed by atoms with Gasteiger partial charge in [0.05, 0.1) is 5.69 Å². The molecule has 1 aromatic heterocycles. The summed E-state index contributed by atoms with van der Waals surface area (Å²) in [4.78, 5) is 16.3. The molecule has 0 aliphatic rings. The van der Waals surface area contributed by atoms with Gasteiger partial charge in [0, 0.05) is 34.3 Å². The summed E-state index contributed by atoms with van der Waals surface area (Å²) < 4.78 is 4.82. The highest BCUT2D eigenvalue weighted by molar-refractivity contribution is 7.13. The molecule has 24 heavy (non-hydrogen) atoms. The third-order valence-corrected chi connectivity index (χ3v) is 4.46. The first-order valence-electron chi connectivity index (χ1n) is 7.26. The lowest BCUT2D eigenvalue weighted by molar-refractivity contribution is -0.119.